The number of hydrogen-bond acceptors (Lipinski definition) is 5. The Morgan fingerprint density at radius 3 is 2.83 bits per heavy atom. The average molecular weight is 394 g/mol. The molecule has 29 heavy (non-hydrogen) atoms. The van der Waals surface area contributed by atoms with E-state index in [9.17, 15) is 9.18 Å². The van der Waals surface area contributed by atoms with Crippen LogP contribution in [0.3, 0.4) is 0 Å². The summed E-state index contributed by atoms with van der Waals surface area (Å²) in [6, 6.07) is 8.86. The van der Waals surface area contributed by atoms with Crippen molar-refractivity contribution in [3.8, 4) is 0 Å². The van der Waals surface area contributed by atoms with Gasteiger partial charge in [-0.2, -0.15) is 0 Å². The van der Waals surface area contributed by atoms with Crippen LogP contribution in [-0.2, 0) is 6.42 Å². The van der Waals surface area contributed by atoms with Crippen molar-refractivity contribution in [1.82, 2.24) is 19.9 Å². The largest absolute Gasteiger partial charge is 0.353 e. The molecule has 0 spiro atoms. The van der Waals surface area contributed by atoms with E-state index in [1.807, 2.05) is 23.1 Å². The number of pyridine rings is 1. The van der Waals surface area contributed by atoms with Crippen molar-refractivity contribution in [3.05, 3.63) is 59.3 Å². The zero-order valence-electron chi connectivity index (χ0n) is 16.2. The van der Waals surface area contributed by atoms with E-state index >= 15 is 0 Å². The Labute approximate surface area is 168 Å². The number of carbonyl (C=O) groups is 1. The molecule has 3 aromatic rings. The van der Waals surface area contributed by atoms with E-state index in [0.29, 0.717) is 5.69 Å². The zero-order chi connectivity index (χ0) is 19.8. The number of para-hydroxylation sites is 1. The number of piperidine rings is 1. The average Bonchev–Trinajstić information content (AvgIpc) is 3.19. The second-order valence-corrected chi connectivity index (χ2v) is 7.85. The van der Waals surface area contributed by atoms with Crippen molar-refractivity contribution in [3.63, 3.8) is 0 Å². The minimum absolute atomic E-state index is 0.0397. The number of aromatic nitrogens is 2. The lowest BCUT2D eigenvalue weighted by molar-refractivity contribution is 0.0703. The van der Waals surface area contributed by atoms with Gasteiger partial charge in [0.25, 0.3) is 5.91 Å². The van der Waals surface area contributed by atoms with Crippen molar-refractivity contribution in [2.75, 3.05) is 32.7 Å². The Morgan fingerprint density at radius 2 is 1.97 bits per heavy atom. The van der Waals surface area contributed by atoms with Crippen LogP contribution in [-0.4, -0.2) is 58.6 Å². The summed E-state index contributed by atoms with van der Waals surface area (Å²) in [6.45, 7) is 4.20. The number of hydrogen-bond donors (Lipinski definition) is 0. The quantitative estimate of drug-likeness (QED) is 0.680. The van der Waals surface area contributed by atoms with E-state index < -0.39 is 0 Å². The number of amides is 1. The van der Waals surface area contributed by atoms with Crippen molar-refractivity contribution in [2.45, 2.75) is 25.2 Å². The molecule has 0 aliphatic carbocycles. The molecule has 150 valence electrons. The lowest BCUT2D eigenvalue weighted by Crippen LogP contribution is -2.44. The van der Waals surface area contributed by atoms with Gasteiger partial charge in [0.1, 0.15) is 5.69 Å². The maximum absolute atomic E-state index is 13.9. The van der Waals surface area contributed by atoms with Gasteiger partial charge in [0.05, 0.1) is 5.69 Å². The smallest absolute Gasteiger partial charge is 0.272 e. The first-order valence-electron chi connectivity index (χ1n) is 10.2. The van der Waals surface area contributed by atoms with Gasteiger partial charge in [0.15, 0.2) is 5.82 Å². The zero-order valence-corrected chi connectivity index (χ0v) is 16.2. The van der Waals surface area contributed by atoms with Crippen LogP contribution in [0.5, 0.6) is 0 Å². The van der Waals surface area contributed by atoms with E-state index in [2.05, 4.69) is 15.0 Å². The number of nitrogens with zero attached hydrogens (tertiary/aromatic N) is 4. The number of rotatable bonds is 4. The Morgan fingerprint density at radius 1 is 1.10 bits per heavy atom. The minimum Gasteiger partial charge on any atom is -0.353 e. The van der Waals surface area contributed by atoms with E-state index in [1.165, 1.54) is 6.07 Å². The fraction of sp³-hybridized carbons (Fsp3) is 0.409. The van der Waals surface area contributed by atoms with Gasteiger partial charge in [-0.3, -0.25) is 9.78 Å². The van der Waals surface area contributed by atoms with Crippen LogP contribution in [0.4, 0.5) is 4.39 Å². The fourth-order valence-corrected chi connectivity index (χ4v) is 4.49. The summed E-state index contributed by atoms with van der Waals surface area (Å²) in [4.78, 5) is 21.2. The molecule has 1 aromatic carbocycles. The van der Waals surface area contributed by atoms with E-state index in [0.717, 1.165) is 68.6 Å². The summed E-state index contributed by atoms with van der Waals surface area (Å²) in [5.74, 6) is -0.0410. The molecule has 1 saturated heterocycles. The number of carbonyl (C=O) groups excluding carboxylic acids is 1. The molecule has 2 aliphatic heterocycles. The molecule has 2 aliphatic rings. The lowest BCUT2D eigenvalue weighted by atomic mass is 9.91. The monoisotopic (exact) mass is 394 g/mol. The van der Waals surface area contributed by atoms with Crippen LogP contribution < -0.4 is 0 Å². The van der Waals surface area contributed by atoms with Crippen molar-refractivity contribution in [1.29, 1.82) is 0 Å². The van der Waals surface area contributed by atoms with E-state index in [4.69, 9.17) is 4.52 Å². The second kappa shape index (κ2) is 7.55. The minimum atomic E-state index is -0.360. The van der Waals surface area contributed by atoms with Crippen LogP contribution in [0.15, 0.2) is 41.1 Å². The summed E-state index contributed by atoms with van der Waals surface area (Å²) >= 11 is 0. The van der Waals surface area contributed by atoms with Crippen molar-refractivity contribution >= 4 is 16.9 Å². The van der Waals surface area contributed by atoms with Gasteiger partial charge in [0, 0.05) is 37.1 Å². The van der Waals surface area contributed by atoms with Crippen LogP contribution in [0.25, 0.3) is 11.0 Å². The Hall–Kier alpha value is -2.80. The Kier molecular flexibility index (Phi) is 4.75. The third-order valence-corrected chi connectivity index (χ3v) is 6.17. The molecule has 0 atom stereocenters. The highest BCUT2D eigenvalue weighted by molar-refractivity contribution is 5.94. The molecule has 1 fully saturated rings. The van der Waals surface area contributed by atoms with Gasteiger partial charge in [-0.1, -0.05) is 17.3 Å². The molecule has 0 N–H and O–H groups in total. The maximum atomic E-state index is 13.9. The summed E-state index contributed by atoms with van der Waals surface area (Å²) in [5.41, 5.74) is 2.77. The van der Waals surface area contributed by atoms with Crippen LogP contribution >= 0.6 is 0 Å². The summed E-state index contributed by atoms with van der Waals surface area (Å²) in [7, 11) is 0. The first kappa shape index (κ1) is 18.2. The summed E-state index contributed by atoms with van der Waals surface area (Å²) in [6.07, 6.45) is 4.46. The Balaban J connectivity index is 1.18. The molecule has 5 rings (SSSR count). The van der Waals surface area contributed by atoms with Crippen LogP contribution in [0.1, 0.15) is 40.5 Å². The van der Waals surface area contributed by atoms with Crippen LogP contribution in [0, 0.1) is 5.82 Å². The molecular formula is C22H23FN4O2. The van der Waals surface area contributed by atoms with Crippen LogP contribution in [0.2, 0.25) is 0 Å². The second-order valence-electron chi connectivity index (χ2n) is 7.85. The van der Waals surface area contributed by atoms with Gasteiger partial charge in [0.2, 0.25) is 5.58 Å². The van der Waals surface area contributed by atoms with E-state index in [-0.39, 0.29) is 23.2 Å². The molecule has 1 amide bonds. The summed E-state index contributed by atoms with van der Waals surface area (Å²) in [5, 5.41) is 4.95. The van der Waals surface area contributed by atoms with Gasteiger partial charge in [-0.25, -0.2) is 4.39 Å². The highest BCUT2D eigenvalue weighted by atomic mass is 19.1. The number of benzene rings is 1. The Bertz CT molecular complexity index is 1040. The molecular weight excluding hydrogens is 371 g/mol. The third-order valence-electron chi connectivity index (χ3n) is 6.17. The normalized spacial score (nSPS) is 18.4. The highest BCUT2D eigenvalue weighted by Crippen LogP contribution is 2.33. The lowest BCUT2D eigenvalue weighted by Gasteiger charge is -2.34. The highest BCUT2D eigenvalue weighted by Gasteiger charge is 2.28. The van der Waals surface area contributed by atoms with Crippen molar-refractivity contribution in [2.24, 2.45) is 0 Å². The fourth-order valence-electron chi connectivity index (χ4n) is 4.49. The molecule has 7 heteroatoms. The van der Waals surface area contributed by atoms with Gasteiger partial charge < -0.3 is 14.3 Å². The first-order valence-corrected chi connectivity index (χ1v) is 10.2. The molecule has 0 radical (unpaired) electrons. The number of fused-ring (bicyclic) bond motifs is 2. The van der Waals surface area contributed by atoms with Gasteiger partial charge in [-0.15, -0.1) is 0 Å². The molecule has 2 aromatic heterocycles. The molecule has 0 bridgehead atoms. The molecule has 0 saturated carbocycles. The molecule has 6 nitrogen and oxygen atoms in total. The van der Waals surface area contributed by atoms with Gasteiger partial charge in [-0.05, 0) is 56.1 Å². The topological polar surface area (TPSA) is 62.5 Å². The van der Waals surface area contributed by atoms with Gasteiger partial charge >= 0.3 is 0 Å². The number of likely N-dealkylation sites (tertiary alicyclic amines) is 1. The SMILES string of the molecule is O=C1c2ncccc2CCN1CCN1CCC(c2noc3c(F)cccc23)CC1. The van der Waals surface area contributed by atoms with Crippen molar-refractivity contribution < 1.29 is 13.7 Å². The standard InChI is InChI=1S/C22H23FN4O2/c23-18-5-1-4-17-19(25-29-21(17)18)16-6-10-26(11-7-16)13-14-27-12-8-15-3-2-9-24-20(15)22(27)28/h1-5,9,16H,6-8,10-14H2. The predicted octanol–water partition coefficient (Wildman–Crippen LogP) is 3.24. The molecule has 4 heterocycles. The third kappa shape index (κ3) is 3.40. The summed E-state index contributed by atoms with van der Waals surface area (Å²) < 4.78 is 19.1. The first-order chi connectivity index (χ1) is 14.2. The van der Waals surface area contributed by atoms with E-state index in [1.54, 1.807) is 12.3 Å². The maximum Gasteiger partial charge on any atom is 0.272 e. The molecule has 0 unspecified atom stereocenters. The predicted molar refractivity (Wildman–Crippen MR) is 106 cm³/mol. The number of halogens is 1.